The zero-order valence-electron chi connectivity index (χ0n) is 12.7. The first kappa shape index (κ1) is 17.0. The maximum Gasteiger partial charge on any atom is 0.262 e. The van der Waals surface area contributed by atoms with Gasteiger partial charge in [0.1, 0.15) is 5.92 Å². The maximum atomic E-state index is 12.0. The molecule has 0 radical (unpaired) electrons. The van der Waals surface area contributed by atoms with Gasteiger partial charge in [0.25, 0.3) is 5.91 Å². The van der Waals surface area contributed by atoms with Crippen LogP contribution in [-0.4, -0.2) is 35.5 Å². The fraction of sp³-hybridized carbons (Fsp3) is 0.400. The number of aromatic nitrogens is 1. The lowest BCUT2D eigenvalue weighted by atomic mass is 10.1. The highest BCUT2D eigenvalue weighted by molar-refractivity contribution is 7.13. The van der Waals surface area contributed by atoms with Crippen molar-refractivity contribution in [3.05, 3.63) is 23.2 Å². The van der Waals surface area contributed by atoms with Gasteiger partial charge in [0.05, 0.1) is 12.1 Å². The molecule has 1 aromatic rings. The van der Waals surface area contributed by atoms with Crippen LogP contribution in [-0.2, 0) is 20.8 Å². The molecule has 1 aliphatic heterocycles. The topological polar surface area (TPSA) is 101 Å². The lowest BCUT2D eigenvalue weighted by molar-refractivity contribution is -0.128. The van der Waals surface area contributed by atoms with Crippen LogP contribution in [0.2, 0.25) is 0 Å². The van der Waals surface area contributed by atoms with E-state index in [1.54, 1.807) is 11.5 Å². The Balaban J connectivity index is 1.86. The molecule has 8 heteroatoms. The van der Waals surface area contributed by atoms with Gasteiger partial charge in [0.2, 0.25) is 11.8 Å². The number of thiazole rings is 1. The predicted octanol–water partition coefficient (Wildman–Crippen LogP) is 1.32. The third-order valence-corrected chi connectivity index (χ3v) is 3.92. The Morgan fingerprint density at radius 1 is 1.39 bits per heavy atom. The fourth-order valence-corrected chi connectivity index (χ4v) is 2.61. The van der Waals surface area contributed by atoms with Crippen LogP contribution in [0.25, 0.3) is 0 Å². The number of rotatable bonds is 7. The lowest BCUT2D eigenvalue weighted by Gasteiger charge is -2.09. The minimum absolute atomic E-state index is 0.0960. The predicted molar refractivity (Wildman–Crippen MR) is 88.5 cm³/mol. The summed E-state index contributed by atoms with van der Waals surface area (Å²) in [7, 11) is 0. The SMILES string of the molecule is CCCCNC(=O)Cc1csc(NC(=O)C2C=CC=NC2=O)n1. The van der Waals surface area contributed by atoms with E-state index in [0.29, 0.717) is 17.4 Å². The summed E-state index contributed by atoms with van der Waals surface area (Å²) in [4.78, 5) is 43.0. The van der Waals surface area contributed by atoms with E-state index >= 15 is 0 Å². The van der Waals surface area contributed by atoms with Crippen molar-refractivity contribution in [1.82, 2.24) is 10.3 Å². The first-order chi connectivity index (χ1) is 11.1. The fourth-order valence-electron chi connectivity index (χ4n) is 1.90. The van der Waals surface area contributed by atoms with Crippen molar-refractivity contribution in [2.24, 2.45) is 10.9 Å². The second kappa shape index (κ2) is 8.33. The minimum Gasteiger partial charge on any atom is -0.356 e. The van der Waals surface area contributed by atoms with Gasteiger partial charge in [-0.25, -0.2) is 9.98 Å². The van der Waals surface area contributed by atoms with E-state index in [0.717, 1.165) is 12.8 Å². The molecule has 1 unspecified atom stereocenters. The van der Waals surface area contributed by atoms with Gasteiger partial charge < -0.3 is 10.6 Å². The number of hydrogen-bond donors (Lipinski definition) is 2. The van der Waals surface area contributed by atoms with E-state index in [4.69, 9.17) is 0 Å². The van der Waals surface area contributed by atoms with Gasteiger partial charge in [-0.05, 0) is 12.5 Å². The lowest BCUT2D eigenvalue weighted by Crippen LogP contribution is -2.28. The van der Waals surface area contributed by atoms with E-state index in [9.17, 15) is 14.4 Å². The highest BCUT2D eigenvalue weighted by atomic mass is 32.1. The summed E-state index contributed by atoms with van der Waals surface area (Å²) in [6.45, 7) is 2.71. The summed E-state index contributed by atoms with van der Waals surface area (Å²) in [5, 5.41) is 7.46. The average Bonchev–Trinajstić information content (AvgIpc) is 2.94. The van der Waals surface area contributed by atoms with E-state index < -0.39 is 17.7 Å². The Morgan fingerprint density at radius 3 is 2.96 bits per heavy atom. The smallest absolute Gasteiger partial charge is 0.262 e. The first-order valence-corrected chi connectivity index (χ1v) is 8.24. The van der Waals surface area contributed by atoms with Gasteiger partial charge in [0, 0.05) is 18.1 Å². The molecule has 2 rings (SSSR count). The van der Waals surface area contributed by atoms with Crippen LogP contribution < -0.4 is 10.6 Å². The monoisotopic (exact) mass is 334 g/mol. The number of nitrogens with zero attached hydrogens (tertiary/aromatic N) is 2. The number of amides is 3. The van der Waals surface area contributed by atoms with Gasteiger partial charge in [0.15, 0.2) is 5.13 Å². The number of anilines is 1. The molecule has 0 bridgehead atoms. The normalized spacial score (nSPS) is 16.4. The number of aliphatic imine (C=N–C) groups is 1. The van der Waals surface area contributed by atoms with E-state index in [-0.39, 0.29) is 12.3 Å². The van der Waals surface area contributed by atoms with Gasteiger partial charge >= 0.3 is 0 Å². The summed E-state index contributed by atoms with van der Waals surface area (Å²) in [6, 6.07) is 0. The second-order valence-electron chi connectivity index (χ2n) is 4.99. The van der Waals surface area contributed by atoms with Crippen LogP contribution in [0.15, 0.2) is 22.5 Å². The minimum atomic E-state index is -0.926. The summed E-state index contributed by atoms with van der Waals surface area (Å²) < 4.78 is 0. The molecule has 0 fully saturated rings. The molecule has 1 aromatic heterocycles. The number of unbranched alkanes of at least 4 members (excludes halogenated alkanes) is 1. The number of carbonyl (C=O) groups is 3. The molecule has 0 saturated carbocycles. The van der Waals surface area contributed by atoms with Crippen LogP contribution in [0, 0.1) is 5.92 Å². The highest BCUT2D eigenvalue weighted by Crippen LogP contribution is 2.18. The molecule has 0 aromatic carbocycles. The van der Waals surface area contributed by atoms with E-state index in [2.05, 4.69) is 27.5 Å². The van der Waals surface area contributed by atoms with Crippen molar-refractivity contribution >= 4 is 40.4 Å². The summed E-state index contributed by atoms with van der Waals surface area (Å²) in [5.41, 5.74) is 0.586. The number of allylic oxidation sites excluding steroid dienone is 1. The van der Waals surface area contributed by atoms with E-state index in [1.165, 1.54) is 23.6 Å². The Hall–Kier alpha value is -2.35. The molecule has 0 spiro atoms. The van der Waals surface area contributed by atoms with Crippen molar-refractivity contribution in [2.75, 3.05) is 11.9 Å². The molecule has 3 amide bonds. The summed E-state index contributed by atoms with van der Waals surface area (Å²) in [5.74, 6) is -2.00. The Bertz CT molecular complexity index is 651. The molecule has 23 heavy (non-hydrogen) atoms. The van der Waals surface area contributed by atoms with Crippen molar-refractivity contribution in [3.8, 4) is 0 Å². The van der Waals surface area contributed by atoms with Crippen molar-refractivity contribution in [3.63, 3.8) is 0 Å². The molecule has 0 saturated heterocycles. The van der Waals surface area contributed by atoms with E-state index in [1.807, 2.05) is 0 Å². The molecule has 2 heterocycles. The van der Waals surface area contributed by atoms with Crippen molar-refractivity contribution in [2.45, 2.75) is 26.2 Å². The third-order valence-electron chi connectivity index (χ3n) is 3.12. The zero-order chi connectivity index (χ0) is 16.7. The van der Waals surface area contributed by atoms with Crippen LogP contribution in [0.1, 0.15) is 25.5 Å². The first-order valence-electron chi connectivity index (χ1n) is 7.37. The van der Waals surface area contributed by atoms with Crippen molar-refractivity contribution in [1.29, 1.82) is 0 Å². The molecule has 0 aliphatic carbocycles. The molecular formula is C15H18N4O3S. The molecule has 1 aliphatic rings. The number of carbonyl (C=O) groups excluding carboxylic acids is 3. The van der Waals surface area contributed by atoms with Crippen molar-refractivity contribution < 1.29 is 14.4 Å². The molecule has 1 atom stereocenters. The summed E-state index contributed by atoms with van der Waals surface area (Å²) >= 11 is 1.22. The Morgan fingerprint density at radius 2 is 2.22 bits per heavy atom. The van der Waals surface area contributed by atoms with Gasteiger partial charge in [-0.3, -0.25) is 14.4 Å². The van der Waals surface area contributed by atoms with Gasteiger partial charge in [-0.1, -0.05) is 19.4 Å². The Kier molecular flexibility index (Phi) is 6.16. The molecule has 122 valence electrons. The number of nitrogens with one attached hydrogen (secondary N) is 2. The van der Waals surface area contributed by atoms with Gasteiger partial charge in [-0.15, -0.1) is 11.3 Å². The number of hydrogen-bond acceptors (Lipinski definition) is 5. The zero-order valence-corrected chi connectivity index (χ0v) is 13.6. The molecule has 7 nitrogen and oxygen atoms in total. The average molecular weight is 334 g/mol. The quantitative estimate of drug-likeness (QED) is 0.580. The van der Waals surface area contributed by atoms with Crippen LogP contribution in [0.5, 0.6) is 0 Å². The maximum absolute atomic E-state index is 12.0. The third kappa shape index (κ3) is 5.10. The van der Waals surface area contributed by atoms with Crippen LogP contribution >= 0.6 is 11.3 Å². The highest BCUT2D eigenvalue weighted by Gasteiger charge is 2.25. The van der Waals surface area contributed by atoms with Gasteiger partial charge in [-0.2, -0.15) is 0 Å². The van der Waals surface area contributed by atoms with Crippen LogP contribution in [0.4, 0.5) is 5.13 Å². The Labute approximate surface area is 137 Å². The molecule has 2 N–H and O–H groups in total. The van der Waals surface area contributed by atoms with Crippen LogP contribution in [0.3, 0.4) is 0 Å². The largest absolute Gasteiger partial charge is 0.356 e. The standard InChI is InChI=1S/C15H18N4O3S/c1-2-3-6-16-12(20)8-10-9-23-15(18-10)19-14(22)11-5-4-7-17-13(11)21/h4-5,7,9,11H,2-3,6,8H2,1H3,(H,16,20)(H,18,19,22). The summed E-state index contributed by atoms with van der Waals surface area (Å²) in [6.07, 6.45) is 6.52. The second-order valence-corrected chi connectivity index (χ2v) is 5.85. The number of dihydropyridines is 1. The molecular weight excluding hydrogens is 316 g/mol.